The highest BCUT2D eigenvalue weighted by molar-refractivity contribution is 14.0. The van der Waals surface area contributed by atoms with E-state index >= 15 is 0 Å². The molecule has 66 valence electrons. The average molecular weight is 266 g/mol. The van der Waals surface area contributed by atoms with Crippen LogP contribution in [0.2, 0.25) is 0 Å². The quantitative estimate of drug-likeness (QED) is 0.625. The van der Waals surface area contributed by atoms with Crippen molar-refractivity contribution in [1.29, 1.82) is 0 Å². The van der Waals surface area contributed by atoms with Crippen molar-refractivity contribution in [2.75, 3.05) is 0 Å². The first kappa shape index (κ1) is 13.8. The van der Waals surface area contributed by atoms with Crippen LogP contribution in [0.4, 0.5) is 0 Å². The first-order valence-electron chi connectivity index (χ1n) is 4.27. The van der Waals surface area contributed by atoms with Crippen LogP contribution in [0.1, 0.15) is 33.6 Å². The lowest BCUT2D eigenvalue weighted by atomic mass is 9.99. The van der Waals surface area contributed by atoms with Crippen molar-refractivity contribution in [3.8, 4) is 0 Å². The highest BCUT2D eigenvalue weighted by Crippen LogP contribution is 2.13. The Morgan fingerprint density at radius 1 is 1.27 bits per heavy atom. The van der Waals surface area contributed by atoms with Crippen molar-refractivity contribution < 1.29 is 0 Å². The second-order valence-corrected chi connectivity index (χ2v) is 2.22. The summed E-state index contributed by atoms with van der Waals surface area (Å²) >= 11 is 0. The second-order valence-electron chi connectivity index (χ2n) is 2.22. The molecule has 0 aromatic carbocycles. The zero-order chi connectivity index (χ0) is 7.82. The summed E-state index contributed by atoms with van der Waals surface area (Å²) in [7, 11) is 0. The first-order chi connectivity index (χ1) is 4.93. The zero-order valence-corrected chi connectivity index (χ0v) is 10.0. The van der Waals surface area contributed by atoms with Gasteiger partial charge in [0.05, 0.1) is 0 Å². The van der Waals surface area contributed by atoms with Gasteiger partial charge in [-0.1, -0.05) is 45.1 Å². The highest BCUT2D eigenvalue weighted by Gasteiger charge is 1.98. The van der Waals surface area contributed by atoms with E-state index in [9.17, 15) is 0 Å². The number of rotatable bonds is 1. The first-order valence-corrected chi connectivity index (χ1v) is 4.27. The number of hydrogen-bond donors (Lipinski definition) is 0. The third kappa shape index (κ3) is 6.60. The van der Waals surface area contributed by atoms with E-state index in [-0.39, 0.29) is 24.0 Å². The van der Waals surface area contributed by atoms with Crippen LogP contribution >= 0.6 is 24.0 Å². The van der Waals surface area contributed by atoms with Gasteiger partial charge in [-0.05, 0) is 18.8 Å². The molecule has 0 aromatic heterocycles. The Labute approximate surface area is 87.8 Å². The molecule has 0 heterocycles. The Morgan fingerprint density at radius 2 is 1.91 bits per heavy atom. The van der Waals surface area contributed by atoms with Gasteiger partial charge in [0.15, 0.2) is 0 Å². The van der Waals surface area contributed by atoms with Gasteiger partial charge in [-0.3, -0.25) is 0 Å². The molecular weight excluding hydrogens is 247 g/mol. The summed E-state index contributed by atoms with van der Waals surface area (Å²) in [6, 6.07) is 0. The van der Waals surface area contributed by atoms with Gasteiger partial charge in [0.1, 0.15) is 0 Å². The molecule has 0 N–H and O–H groups in total. The molecule has 0 amide bonds. The summed E-state index contributed by atoms with van der Waals surface area (Å²) in [6.45, 7) is 6.23. The molecule has 1 heteroatoms. The largest absolute Gasteiger partial charge is 0.107 e. The minimum absolute atomic E-state index is 0. The van der Waals surface area contributed by atoms with Gasteiger partial charge in [0.2, 0.25) is 0 Å². The molecule has 1 rings (SSSR count). The van der Waals surface area contributed by atoms with E-state index in [4.69, 9.17) is 0 Å². The molecule has 1 atom stereocenters. The molecule has 0 radical (unpaired) electrons. The van der Waals surface area contributed by atoms with Crippen LogP contribution in [0.15, 0.2) is 24.3 Å². The minimum Gasteiger partial charge on any atom is -0.107 e. The van der Waals surface area contributed by atoms with Crippen molar-refractivity contribution >= 4 is 24.0 Å². The van der Waals surface area contributed by atoms with E-state index in [0.717, 1.165) is 5.92 Å². The van der Waals surface area contributed by atoms with Crippen LogP contribution in [-0.4, -0.2) is 0 Å². The molecular formula is C10H19I. The molecule has 0 aromatic rings. The molecule has 0 bridgehead atoms. The van der Waals surface area contributed by atoms with Crippen molar-refractivity contribution in [1.82, 2.24) is 0 Å². The Kier molecular flexibility index (Phi) is 12.8. The number of allylic oxidation sites excluding steroid dienone is 4. The van der Waals surface area contributed by atoms with Gasteiger partial charge in [0, 0.05) is 0 Å². The van der Waals surface area contributed by atoms with E-state index in [2.05, 4.69) is 31.2 Å². The van der Waals surface area contributed by atoms with Crippen LogP contribution in [-0.2, 0) is 0 Å². The Hall–Kier alpha value is 0.210. The molecule has 0 aliphatic heterocycles. The third-order valence-corrected chi connectivity index (χ3v) is 1.59. The zero-order valence-electron chi connectivity index (χ0n) is 7.71. The smallest absolute Gasteiger partial charge is 0.0198 e. The number of halogens is 1. The topological polar surface area (TPSA) is 0 Å². The molecule has 1 unspecified atom stereocenters. The lowest BCUT2D eigenvalue weighted by molar-refractivity contribution is 0.633. The Bertz CT molecular complexity index is 114. The Morgan fingerprint density at radius 3 is 2.18 bits per heavy atom. The van der Waals surface area contributed by atoms with E-state index in [1.807, 2.05) is 13.8 Å². The molecule has 11 heavy (non-hydrogen) atoms. The van der Waals surface area contributed by atoms with Gasteiger partial charge >= 0.3 is 0 Å². The monoisotopic (exact) mass is 266 g/mol. The molecule has 0 spiro atoms. The van der Waals surface area contributed by atoms with Crippen LogP contribution in [0.25, 0.3) is 0 Å². The molecule has 0 nitrogen and oxygen atoms in total. The predicted molar refractivity (Wildman–Crippen MR) is 63.4 cm³/mol. The molecule has 0 fully saturated rings. The third-order valence-electron chi connectivity index (χ3n) is 1.59. The summed E-state index contributed by atoms with van der Waals surface area (Å²) < 4.78 is 0. The van der Waals surface area contributed by atoms with Gasteiger partial charge in [-0.2, -0.15) is 0 Å². The summed E-state index contributed by atoms with van der Waals surface area (Å²) in [5.41, 5.74) is 0. The standard InChI is InChI=1S/C8H12.C2H6.HI/c1-2-8-6-4-3-5-7-8;1-2;/h3-6,8H,2,7H2,1H3;1-2H3;1H. The van der Waals surface area contributed by atoms with Crippen molar-refractivity contribution in [3.05, 3.63) is 24.3 Å². The van der Waals surface area contributed by atoms with E-state index < -0.39 is 0 Å². The fourth-order valence-electron chi connectivity index (χ4n) is 0.935. The molecule has 1 aliphatic carbocycles. The fourth-order valence-corrected chi connectivity index (χ4v) is 0.935. The van der Waals surface area contributed by atoms with Crippen molar-refractivity contribution in [2.24, 2.45) is 5.92 Å². The van der Waals surface area contributed by atoms with Crippen LogP contribution in [0, 0.1) is 5.92 Å². The van der Waals surface area contributed by atoms with Crippen LogP contribution in [0.3, 0.4) is 0 Å². The Balaban J connectivity index is 0. The van der Waals surface area contributed by atoms with Gasteiger partial charge in [-0.25, -0.2) is 0 Å². The maximum atomic E-state index is 2.28. The summed E-state index contributed by atoms with van der Waals surface area (Å²) in [4.78, 5) is 0. The van der Waals surface area contributed by atoms with E-state index in [1.165, 1.54) is 12.8 Å². The average Bonchev–Trinajstić information content (AvgIpc) is 2.10. The van der Waals surface area contributed by atoms with E-state index in [0.29, 0.717) is 0 Å². The van der Waals surface area contributed by atoms with Gasteiger partial charge in [0.25, 0.3) is 0 Å². The highest BCUT2D eigenvalue weighted by atomic mass is 127. The number of hydrogen-bond acceptors (Lipinski definition) is 0. The summed E-state index contributed by atoms with van der Waals surface area (Å²) in [6.07, 6.45) is 11.3. The fraction of sp³-hybridized carbons (Fsp3) is 0.600. The maximum absolute atomic E-state index is 2.28. The van der Waals surface area contributed by atoms with E-state index in [1.54, 1.807) is 0 Å². The maximum Gasteiger partial charge on any atom is -0.0198 e. The predicted octanol–water partition coefficient (Wildman–Crippen LogP) is 4.17. The SMILES string of the molecule is CC.CCC1C=CC=CC1.I. The summed E-state index contributed by atoms with van der Waals surface area (Å²) in [5, 5.41) is 0. The lowest BCUT2D eigenvalue weighted by Crippen LogP contribution is -1.93. The van der Waals surface area contributed by atoms with Crippen molar-refractivity contribution in [2.45, 2.75) is 33.6 Å². The molecule has 0 saturated carbocycles. The summed E-state index contributed by atoms with van der Waals surface area (Å²) in [5.74, 6) is 0.819. The normalized spacial score (nSPS) is 19.7. The van der Waals surface area contributed by atoms with Crippen LogP contribution < -0.4 is 0 Å². The lowest BCUT2D eigenvalue weighted by Gasteiger charge is -2.07. The van der Waals surface area contributed by atoms with Crippen LogP contribution in [0.5, 0.6) is 0 Å². The van der Waals surface area contributed by atoms with Gasteiger partial charge < -0.3 is 0 Å². The van der Waals surface area contributed by atoms with Crippen molar-refractivity contribution in [3.63, 3.8) is 0 Å². The second kappa shape index (κ2) is 10.2. The van der Waals surface area contributed by atoms with Gasteiger partial charge in [-0.15, -0.1) is 24.0 Å². The molecule has 0 saturated heterocycles. The minimum atomic E-state index is 0. The molecule has 1 aliphatic rings.